The summed E-state index contributed by atoms with van der Waals surface area (Å²) in [5, 5.41) is 19.5. The van der Waals surface area contributed by atoms with Crippen LogP contribution in [0.2, 0.25) is 0 Å². The van der Waals surface area contributed by atoms with E-state index in [2.05, 4.69) is 19.1 Å². The van der Waals surface area contributed by atoms with Crippen LogP contribution < -0.4 is 0 Å². The molecule has 1 fully saturated rings. The van der Waals surface area contributed by atoms with Crippen LogP contribution in [0.3, 0.4) is 0 Å². The molecule has 26 heavy (non-hydrogen) atoms. The summed E-state index contributed by atoms with van der Waals surface area (Å²) >= 11 is 0. The summed E-state index contributed by atoms with van der Waals surface area (Å²) in [6.07, 6.45) is 7.07. The molecule has 1 aliphatic rings. The van der Waals surface area contributed by atoms with Gasteiger partial charge in [-0.25, -0.2) is 4.39 Å². The van der Waals surface area contributed by atoms with Gasteiger partial charge in [-0.05, 0) is 60.8 Å². The highest BCUT2D eigenvalue weighted by Gasteiger charge is 2.25. The van der Waals surface area contributed by atoms with Crippen molar-refractivity contribution in [2.75, 3.05) is 0 Å². The number of hydrogen-bond donors (Lipinski definition) is 0. The Kier molecular flexibility index (Phi) is 5.69. The predicted octanol–water partition coefficient (Wildman–Crippen LogP) is 6.31. The summed E-state index contributed by atoms with van der Waals surface area (Å²) in [7, 11) is 0. The molecule has 3 rings (SSSR count). The van der Waals surface area contributed by atoms with Gasteiger partial charge in [-0.3, -0.25) is 0 Å². The minimum Gasteiger partial charge on any atom is -0.207 e. The van der Waals surface area contributed by atoms with E-state index in [0.29, 0.717) is 22.6 Å². The van der Waals surface area contributed by atoms with Crippen molar-refractivity contribution >= 4 is 0 Å². The third-order valence-corrected chi connectivity index (χ3v) is 5.60. The number of hydrogen-bond acceptors (Lipinski definition) is 2. The second-order valence-corrected chi connectivity index (χ2v) is 7.19. The lowest BCUT2D eigenvalue weighted by molar-refractivity contribution is 0.308. The highest BCUT2D eigenvalue weighted by molar-refractivity contribution is 5.75. The lowest BCUT2D eigenvalue weighted by Crippen LogP contribution is -2.14. The van der Waals surface area contributed by atoms with Crippen molar-refractivity contribution in [3.8, 4) is 23.3 Å². The Hall–Kier alpha value is -2.65. The molecule has 0 aromatic heterocycles. The smallest absolute Gasteiger partial charge is 0.123 e. The summed E-state index contributed by atoms with van der Waals surface area (Å²) in [5.74, 6) is 0.844. The molecule has 0 heterocycles. The van der Waals surface area contributed by atoms with E-state index >= 15 is 0 Å². The van der Waals surface area contributed by atoms with Gasteiger partial charge in [-0.1, -0.05) is 44.0 Å². The van der Waals surface area contributed by atoms with Gasteiger partial charge in [0.2, 0.25) is 0 Å². The normalized spacial score (nSPS) is 19.5. The van der Waals surface area contributed by atoms with Gasteiger partial charge in [0.05, 0.1) is 11.1 Å². The van der Waals surface area contributed by atoms with Crippen molar-refractivity contribution in [2.24, 2.45) is 5.92 Å². The molecule has 0 N–H and O–H groups in total. The number of halogens is 1. The Morgan fingerprint density at radius 1 is 0.923 bits per heavy atom. The third kappa shape index (κ3) is 3.63. The Morgan fingerprint density at radius 3 is 2.15 bits per heavy atom. The van der Waals surface area contributed by atoms with Crippen LogP contribution >= 0.6 is 0 Å². The molecule has 0 aliphatic heterocycles. The second kappa shape index (κ2) is 8.15. The van der Waals surface area contributed by atoms with E-state index in [0.717, 1.165) is 29.9 Å². The SMILES string of the molecule is CCCC1CCC(c2ccc(-c3ccc(F)cc3)c(C#N)c2C#N)CC1. The number of benzene rings is 2. The lowest BCUT2D eigenvalue weighted by Gasteiger charge is -2.29. The van der Waals surface area contributed by atoms with Gasteiger partial charge in [-0.15, -0.1) is 0 Å². The molecule has 0 saturated heterocycles. The highest BCUT2D eigenvalue weighted by Crippen LogP contribution is 2.40. The molecule has 0 amide bonds. The van der Waals surface area contributed by atoms with E-state index in [1.54, 1.807) is 12.1 Å². The maximum absolute atomic E-state index is 13.2. The number of nitriles is 2. The highest BCUT2D eigenvalue weighted by atomic mass is 19.1. The van der Waals surface area contributed by atoms with Crippen molar-refractivity contribution in [3.63, 3.8) is 0 Å². The average molecular weight is 346 g/mol. The van der Waals surface area contributed by atoms with Crippen molar-refractivity contribution in [3.05, 3.63) is 58.9 Å². The van der Waals surface area contributed by atoms with Crippen molar-refractivity contribution < 1.29 is 4.39 Å². The minimum atomic E-state index is -0.312. The molecule has 132 valence electrons. The molecule has 1 aliphatic carbocycles. The zero-order valence-corrected chi connectivity index (χ0v) is 15.1. The first-order chi connectivity index (χ1) is 12.7. The Morgan fingerprint density at radius 2 is 1.58 bits per heavy atom. The van der Waals surface area contributed by atoms with Crippen LogP contribution in [0.5, 0.6) is 0 Å². The Bertz CT molecular complexity index is 848. The van der Waals surface area contributed by atoms with Gasteiger partial charge < -0.3 is 0 Å². The first-order valence-corrected chi connectivity index (χ1v) is 9.41. The van der Waals surface area contributed by atoms with Gasteiger partial charge in [0.25, 0.3) is 0 Å². The van der Waals surface area contributed by atoms with E-state index in [-0.39, 0.29) is 5.82 Å². The van der Waals surface area contributed by atoms with E-state index < -0.39 is 0 Å². The van der Waals surface area contributed by atoms with Gasteiger partial charge in [0, 0.05) is 5.56 Å². The zero-order valence-electron chi connectivity index (χ0n) is 15.1. The maximum Gasteiger partial charge on any atom is 0.123 e. The summed E-state index contributed by atoms with van der Waals surface area (Å²) in [4.78, 5) is 0. The summed E-state index contributed by atoms with van der Waals surface area (Å²) in [5.41, 5.74) is 3.37. The van der Waals surface area contributed by atoms with Crippen LogP contribution in [0.4, 0.5) is 4.39 Å². The molecule has 2 aromatic rings. The molecule has 1 saturated carbocycles. The third-order valence-electron chi connectivity index (χ3n) is 5.60. The largest absolute Gasteiger partial charge is 0.207 e. The molecule has 0 bridgehead atoms. The van der Waals surface area contributed by atoms with Gasteiger partial charge >= 0.3 is 0 Å². The summed E-state index contributed by atoms with van der Waals surface area (Å²) in [6, 6.07) is 14.5. The van der Waals surface area contributed by atoms with E-state index in [4.69, 9.17) is 0 Å². The quantitative estimate of drug-likeness (QED) is 0.651. The molecule has 0 radical (unpaired) electrons. The molecule has 2 nitrogen and oxygen atoms in total. The van der Waals surface area contributed by atoms with Crippen LogP contribution in [0.25, 0.3) is 11.1 Å². The fourth-order valence-corrected chi connectivity index (χ4v) is 4.24. The van der Waals surface area contributed by atoms with Crippen LogP contribution in [0.1, 0.15) is 68.1 Å². The summed E-state index contributed by atoms with van der Waals surface area (Å²) in [6.45, 7) is 2.23. The van der Waals surface area contributed by atoms with Crippen LogP contribution in [-0.4, -0.2) is 0 Å². The monoisotopic (exact) mass is 346 g/mol. The number of rotatable bonds is 4. The maximum atomic E-state index is 13.2. The fraction of sp³-hybridized carbons (Fsp3) is 0.391. The first-order valence-electron chi connectivity index (χ1n) is 9.41. The first kappa shape index (κ1) is 18.2. The Balaban J connectivity index is 1.95. The molecule has 2 aromatic carbocycles. The lowest BCUT2D eigenvalue weighted by atomic mass is 9.75. The standard InChI is InChI=1S/C23H23FN2/c1-2-3-16-4-6-17(7-5-16)20-12-13-21(23(15-26)22(20)14-25)18-8-10-19(24)11-9-18/h8-13,16-17H,2-7H2,1H3. The van der Waals surface area contributed by atoms with Crippen LogP contribution in [-0.2, 0) is 0 Å². The molecule has 0 unspecified atom stereocenters. The topological polar surface area (TPSA) is 47.6 Å². The van der Waals surface area contributed by atoms with Crippen LogP contribution in [0, 0.1) is 34.4 Å². The van der Waals surface area contributed by atoms with Gasteiger partial charge in [-0.2, -0.15) is 10.5 Å². The molecular weight excluding hydrogens is 323 g/mol. The van der Waals surface area contributed by atoms with E-state index in [1.165, 1.54) is 37.8 Å². The zero-order chi connectivity index (χ0) is 18.5. The summed E-state index contributed by atoms with van der Waals surface area (Å²) < 4.78 is 13.2. The average Bonchev–Trinajstić information content (AvgIpc) is 2.68. The van der Waals surface area contributed by atoms with Gasteiger partial charge in [0.15, 0.2) is 0 Å². The van der Waals surface area contributed by atoms with Crippen molar-refractivity contribution in [1.82, 2.24) is 0 Å². The van der Waals surface area contributed by atoms with E-state index in [1.807, 2.05) is 12.1 Å². The van der Waals surface area contributed by atoms with E-state index in [9.17, 15) is 14.9 Å². The molecule has 0 spiro atoms. The number of nitrogens with zero attached hydrogens (tertiary/aromatic N) is 2. The molecular formula is C23H23FN2. The molecule has 3 heteroatoms. The fourth-order valence-electron chi connectivity index (χ4n) is 4.24. The van der Waals surface area contributed by atoms with Gasteiger partial charge in [0.1, 0.15) is 18.0 Å². The predicted molar refractivity (Wildman–Crippen MR) is 101 cm³/mol. The minimum absolute atomic E-state index is 0.312. The van der Waals surface area contributed by atoms with Crippen LogP contribution in [0.15, 0.2) is 36.4 Å². The Labute approximate surface area is 154 Å². The molecule has 0 atom stereocenters. The van der Waals surface area contributed by atoms with Crippen molar-refractivity contribution in [2.45, 2.75) is 51.4 Å². The van der Waals surface area contributed by atoms with Crippen molar-refractivity contribution in [1.29, 1.82) is 10.5 Å². The second-order valence-electron chi connectivity index (χ2n) is 7.19.